The molecule has 0 saturated carbocycles. The van der Waals surface area contributed by atoms with E-state index in [-0.39, 0.29) is 18.1 Å². The van der Waals surface area contributed by atoms with Crippen LogP contribution in [0.3, 0.4) is 0 Å². The Kier molecular flexibility index (Phi) is 5.21. The second-order valence-electron chi connectivity index (χ2n) is 6.43. The minimum Gasteiger partial charge on any atom is -0.494 e. The number of ether oxygens (including phenoxy) is 2. The molecule has 2 unspecified atom stereocenters. The molecule has 1 heterocycles. The molecule has 2 aromatic rings. The molecular formula is C20H25N3O3. The first-order valence-corrected chi connectivity index (χ1v) is 8.84. The van der Waals surface area contributed by atoms with Crippen LogP contribution in [0.15, 0.2) is 42.5 Å². The van der Waals surface area contributed by atoms with Crippen LogP contribution in [0.2, 0.25) is 0 Å². The summed E-state index contributed by atoms with van der Waals surface area (Å²) in [7, 11) is 0. The van der Waals surface area contributed by atoms with Crippen molar-refractivity contribution < 1.29 is 14.3 Å². The molecule has 3 rings (SSSR count). The number of amides is 1. The zero-order valence-electron chi connectivity index (χ0n) is 15.4. The van der Waals surface area contributed by atoms with Crippen LogP contribution in [0.1, 0.15) is 20.8 Å². The van der Waals surface area contributed by atoms with Crippen LogP contribution >= 0.6 is 0 Å². The Labute approximate surface area is 153 Å². The maximum absolute atomic E-state index is 12.8. The number of nitrogen functional groups attached to an aromatic ring is 1. The van der Waals surface area contributed by atoms with Gasteiger partial charge < -0.3 is 25.4 Å². The van der Waals surface area contributed by atoms with Gasteiger partial charge in [-0.3, -0.25) is 4.79 Å². The monoisotopic (exact) mass is 355 g/mol. The van der Waals surface area contributed by atoms with Gasteiger partial charge >= 0.3 is 0 Å². The van der Waals surface area contributed by atoms with Crippen molar-refractivity contribution in [2.24, 2.45) is 0 Å². The molecule has 26 heavy (non-hydrogen) atoms. The normalized spacial score (nSPS) is 17.0. The quantitative estimate of drug-likeness (QED) is 0.805. The molecule has 1 aliphatic rings. The Hall–Kier alpha value is -2.89. The molecule has 0 fully saturated rings. The van der Waals surface area contributed by atoms with Crippen LogP contribution in [-0.2, 0) is 4.79 Å². The number of carbonyl (C=O) groups excluding carboxylic acids is 1. The number of nitrogens with two attached hydrogens (primary N) is 1. The third-order valence-corrected chi connectivity index (χ3v) is 4.36. The largest absolute Gasteiger partial charge is 0.494 e. The van der Waals surface area contributed by atoms with Gasteiger partial charge in [0.05, 0.1) is 18.8 Å². The Morgan fingerprint density at radius 2 is 2.08 bits per heavy atom. The summed E-state index contributed by atoms with van der Waals surface area (Å²) in [4.78, 5) is 14.8. The molecule has 1 amide bonds. The highest BCUT2D eigenvalue weighted by molar-refractivity contribution is 5.97. The van der Waals surface area contributed by atoms with Gasteiger partial charge in [-0.25, -0.2) is 0 Å². The van der Waals surface area contributed by atoms with E-state index in [2.05, 4.69) is 5.32 Å². The molecule has 0 bridgehead atoms. The van der Waals surface area contributed by atoms with Crippen LogP contribution < -0.4 is 25.4 Å². The summed E-state index contributed by atoms with van der Waals surface area (Å²) in [6.45, 7) is 7.06. The van der Waals surface area contributed by atoms with Gasteiger partial charge in [0.1, 0.15) is 23.6 Å². The number of hydrogen-bond acceptors (Lipinski definition) is 5. The highest BCUT2D eigenvalue weighted by Crippen LogP contribution is 2.36. The van der Waals surface area contributed by atoms with Crippen LogP contribution in [-0.4, -0.2) is 31.2 Å². The van der Waals surface area contributed by atoms with Gasteiger partial charge in [-0.05, 0) is 57.2 Å². The number of fused-ring (bicyclic) bond motifs is 1. The molecule has 0 radical (unpaired) electrons. The van der Waals surface area contributed by atoms with Crippen LogP contribution in [0.25, 0.3) is 0 Å². The van der Waals surface area contributed by atoms with Crippen LogP contribution in [0.5, 0.6) is 11.5 Å². The number of anilines is 3. The number of rotatable bonds is 5. The van der Waals surface area contributed by atoms with Crippen molar-refractivity contribution in [3.63, 3.8) is 0 Å². The molecular weight excluding hydrogens is 330 g/mol. The highest BCUT2D eigenvalue weighted by Gasteiger charge is 2.30. The molecule has 138 valence electrons. The summed E-state index contributed by atoms with van der Waals surface area (Å²) in [5.74, 6) is 1.42. The zero-order chi connectivity index (χ0) is 18.7. The van der Waals surface area contributed by atoms with E-state index in [1.54, 1.807) is 6.07 Å². The van der Waals surface area contributed by atoms with E-state index in [1.807, 2.05) is 62.1 Å². The van der Waals surface area contributed by atoms with Crippen molar-refractivity contribution in [3.8, 4) is 11.5 Å². The lowest BCUT2D eigenvalue weighted by molar-refractivity contribution is -0.117. The van der Waals surface area contributed by atoms with E-state index in [4.69, 9.17) is 15.2 Å². The number of carbonyl (C=O) groups is 1. The first kappa shape index (κ1) is 17.9. The topological polar surface area (TPSA) is 76.8 Å². The predicted molar refractivity (Wildman–Crippen MR) is 104 cm³/mol. The van der Waals surface area contributed by atoms with E-state index in [0.29, 0.717) is 24.6 Å². The number of nitrogens with zero attached hydrogens (tertiary/aromatic N) is 1. The molecule has 3 N–H and O–H groups in total. The number of benzene rings is 2. The van der Waals surface area contributed by atoms with E-state index < -0.39 is 0 Å². The lowest BCUT2D eigenvalue weighted by atomic mass is 10.1. The first-order chi connectivity index (χ1) is 12.5. The molecule has 6 heteroatoms. The Bertz CT molecular complexity index is 776. The SMILES string of the molecule is CCOc1ccc(NC(=O)C(C)N2CC(C)Oc3cc(N)ccc32)cc1. The molecule has 0 saturated heterocycles. The minimum atomic E-state index is -0.352. The summed E-state index contributed by atoms with van der Waals surface area (Å²) in [5.41, 5.74) is 8.12. The molecule has 6 nitrogen and oxygen atoms in total. The van der Waals surface area contributed by atoms with Crippen molar-refractivity contribution in [2.45, 2.75) is 32.9 Å². The van der Waals surface area contributed by atoms with E-state index in [9.17, 15) is 4.79 Å². The smallest absolute Gasteiger partial charge is 0.246 e. The average molecular weight is 355 g/mol. The van der Waals surface area contributed by atoms with Crippen molar-refractivity contribution >= 4 is 23.0 Å². The average Bonchev–Trinajstić information content (AvgIpc) is 2.61. The lowest BCUT2D eigenvalue weighted by Gasteiger charge is -2.38. The Morgan fingerprint density at radius 1 is 1.35 bits per heavy atom. The van der Waals surface area contributed by atoms with Crippen molar-refractivity contribution in [3.05, 3.63) is 42.5 Å². The van der Waals surface area contributed by atoms with Gasteiger partial charge in [-0.1, -0.05) is 0 Å². The highest BCUT2D eigenvalue weighted by atomic mass is 16.5. The van der Waals surface area contributed by atoms with E-state index in [0.717, 1.165) is 17.1 Å². The lowest BCUT2D eigenvalue weighted by Crippen LogP contribution is -2.48. The van der Waals surface area contributed by atoms with Crippen molar-refractivity contribution in [2.75, 3.05) is 29.1 Å². The maximum atomic E-state index is 12.8. The summed E-state index contributed by atoms with van der Waals surface area (Å²) in [5, 5.41) is 2.96. The molecule has 0 aromatic heterocycles. The molecule has 1 aliphatic heterocycles. The summed E-state index contributed by atoms with van der Waals surface area (Å²) < 4.78 is 11.3. The van der Waals surface area contributed by atoms with Gasteiger partial charge in [-0.2, -0.15) is 0 Å². The second kappa shape index (κ2) is 7.56. The fourth-order valence-electron chi connectivity index (χ4n) is 3.05. The van der Waals surface area contributed by atoms with E-state index >= 15 is 0 Å². The third kappa shape index (κ3) is 3.85. The second-order valence-corrected chi connectivity index (χ2v) is 6.43. The molecule has 2 atom stereocenters. The van der Waals surface area contributed by atoms with Gasteiger partial charge in [0.15, 0.2) is 0 Å². The Balaban J connectivity index is 1.74. The van der Waals surface area contributed by atoms with Gasteiger partial charge in [0, 0.05) is 17.4 Å². The molecule has 0 aliphatic carbocycles. The molecule has 0 spiro atoms. The fraction of sp³-hybridized carbons (Fsp3) is 0.350. The van der Waals surface area contributed by atoms with Crippen LogP contribution in [0, 0.1) is 0 Å². The number of nitrogens with one attached hydrogen (secondary N) is 1. The zero-order valence-corrected chi connectivity index (χ0v) is 15.4. The fourth-order valence-corrected chi connectivity index (χ4v) is 3.05. The first-order valence-electron chi connectivity index (χ1n) is 8.84. The number of hydrogen-bond donors (Lipinski definition) is 2. The third-order valence-electron chi connectivity index (χ3n) is 4.36. The van der Waals surface area contributed by atoms with E-state index in [1.165, 1.54) is 0 Å². The molecule has 2 aromatic carbocycles. The van der Waals surface area contributed by atoms with Crippen molar-refractivity contribution in [1.82, 2.24) is 0 Å². The standard InChI is InChI=1S/C20H25N3O3/c1-4-25-17-8-6-16(7-9-17)22-20(24)14(3)23-12-13(2)26-19-11-15(21)5-10-18(19)23/h5-11,13-14H,4,12,21H2,1-3H3,(H,22,24). The summed E-state index contributed by atoms with van der Waals surface area (Å²) in [6, 6.07) is 12.5. The van der Waals surface area contributed by atoms with Crippen molar-refractivity contribution in [1.29, 1.82) is 0 Å². The summed E-state index contributed by atoms with van der Waals surface area (Å²) in [6.07, 6.45) is -0.0231. The van der Waals surface area contributed by atoms with Gasteiger partial charge in [-0.15, -0.1) is 0 Å². The van der Waals surface area contributed by atoms with Gasteiger partial charge in [0.2, 0.25) is 5.91 Å². The summed E-state index contributed by atoms with van der Waals surface area (Å²) >= 11 is 0. The minimum absolute atomic E-state index is 0.0231. The van der Waals surface area contributed by atoms with Crippen LogP contribution in [0.4, 0.5) is 17.1 Å². The predicted octanol–water partition coefficient (Wildman–Crippen LogP) is 3.28. The maximum Gasteiger partial charge on any atom is 0.246 e. The Morgan fingerprint density at radius 3 is 2.77 bits per heavy atom. The van der Waals surface area contributed by atoms with Gasteiger partial charge in [0.25, 0.3) is 0 Å².